The Kier molecular flexibility index (Phi) is 6.89. The lowest BCUT2D eigenvalue weighted by atomic mass is 10.0. The third-order valence-electron chi connectivity index (χ3n) is 6.14. The number of hydrogen-bond acceptors (Lipinski definition) is 5. The molecule has 1 aromatic rings. The van der Waals surface area contributed by atoms with Crippen molar-refractivity contribution in [3.8, 4) is 5.75 Å². The summed E-state index contributed by atoms with van der Waals surface area (Å²) < 4.78 is 11.5. The molecular formula is C23H33N3O4. The number of benzene rings is 1. The van der Waals surface area contributed by atoms with Gasteiger partial charge in [-0.1, -0.05) is 12.1 Å². The summed E-state index contributed by atoms with van der Waals surface area (Å²) in [5, 5.41) is 6.06. The lowest BCUT2D eigenvalue weighted by Gasteiger charge is -2.26. The van der Waals surface area contributed by atoms with Gasteiger partial charge < -0.3 is 19.7 Å². The molecular weight excluding hydrogens is 382 g/mol. The molecule has 1 aliphatic heterocycles. The van der Waals surface area contributed by atoms with Crippen LogP contribution in [0.25, 0.3) is 0 Å². The number of nitrogens with zero attached hydrogens (tertiary/aromatic N) is 1. The molecule has 164 valence electrons. The Balaban J connectivity index is 1.08. The second kappa shape index (κ2) is 9.79. The summed E-state index contributed by atoms with van der Waals surface area (Å²) >= 11 is 0. The van der Waals surface area contributed by atoms with E-state index in [2.05, 4.69) is 34.9 Å². The molecule has 0 radical (unpaired) electrons. The molecule has 30 heavy (non-hydrogen) atoms. The second-order valence-electron chi connectivity index (χ2n) is 8.76. The van der Waals surface area contributed by atoms with Crippen LogP contribution >= 0.6 is 0 Å². The molecule has 3 fully saturated rings. The minimum Gasteiger partial charge on any atom is -0.493 e. The van der Waals surface area contributed by atoms with Crippen molar-refractivity contribution in [2.75, 3.05) is 33.0 Å². The van der Waals surface area contributed by atoms with Gasteiger partial charge in [-0.3, -0.25) is 10.1 Å². The van der Waals surface area contributed by atoms with Gasteiger partial charge in [-0.25, -0.2) is 4.79 Å². The van der Waals surface area contributed by atoms with Crippen molar-refractivity contribution in [2.24, 2.45) is 5.92 Å². The maximum Gasteiger partial charge on any atom is 0.325 e. The van der Waals surface area contributed by atoms with Gasteiger partial charge in [0.2, 0.25) is 5.91 Å². The summed E-state index contributed by atoms with van der Waals surface area (Å²) in [6, 6.07) is 8.23. The lowest BCUT2D eigenvalue weighted by molar-refractivity contribution is -0.122. The minimum absolute atomic E-state index is 0.133. The Morgan fingerprint density at radius 3 is 2.80 bits per heavy atom. The van der Waals surface area contributed by atoms with E-state index < -0.39 is 0 Å². The normalized spacial score (nSPS) is 20.2. The van der Waals surface area contributed by atoms with Gasteiger partial charge in [0.05, 0.1) is 6.61 Å². The van der Waals surface area contributed by atoms with Crippen LogP contribution < -0.4 is 15.4 Å². The molecule has 0 atom stereocenters. The number of nitrogens with one attached hydrogen (secondary N) is 2. The summed E-state index contributed by atoms with van der Waals surface area (Å²) in [5.41, 5.74) is 1.48. The molecule has 2 aliphatic carbocycles. The maximum absolute atomic E-state index is 11.6. The van der Waals surface area contributed by atoms with Crippen molar-refractivity contribution >= 4 is 11.9 Å². The number of unbranched alkanes of at least 4 members (excludes halogenated alkanes) is 2. The van der Waals surface area contributed by atoms with Crippen molar-refractivity contribution in [3.05, 3.63) is 29.8 Å². The zero-order valence-corrected chi connectivity index (χ0v) is 17.7. The van der Waals surface area contributed by atoms with E-state index in [0.717, 1.165) is 44.1 Å². The summed E-state index contributed by atoms with van der Waals surface area (Å²) in [6.07, 6.45) is 8.48. The average Bonchev–Trinajstić information content (AvgIpc) is 3.66. The van der Waals surface area contributed by atoms with Crippen molar-refractivity contribution < 1.29 is 19.1 Å². The van der Waals surface area contributed by atoms with E-state index in [1.807, 2.05) is 0 Å². The van der Waals surface area contributed by atoms with Gasteiger partial charge in [0.15, 0.2) is 0 Å². The topological polar surface area (TPSA) is 79.9 Å². The van der Waals surface area contributed by atoms with E-state index in [1.165, 1.54) is 36.1 Å². The first-order valence-corrected chi connectivity index (χ1v) is 11.3. The first kappa shape index (κ1) is 21.1. The Morgan fingerprint density at radius 2 is 2.03 bits per heavy atom. The third kappa shape index (κ3) is 5.95. The molecule has 7 heteroatoms. The number of carbonyl (C=O) groups is 2. The summed E-state index contributed by atoms with van der Waals surface area (Å²) in [4.78, 5) is 24.3. The van der Waals surface area contributed by atoms with Crippen molar-refractivity contribution in [3.63, 3.8) is 0 Å². The molecule has 1 heterocycles. The van der Waals surface area contributed by atoms with Gasteiger partial charge in [-0.15, -0.1) is 0 Å². The molecule has 3 amide bonds. The molecule has 0 aromatic heterocycles. The summed E-state index contributed by atoms with van der Waals surface area (Å²) in [5.74, 6) is 1.55. The highest BCUT2D eigenvalue weighted by atomic mass is 16.5. The standard InChI is InChI=1S/C23H33N3O4/c27-21-9-13-26(22(28)25-21)17-29-14-3-1-2-12-24-23(10-11-23)19-5-4-6-20(15-19)30-16-18-7-8-18/h4-6,15,18,24H,1-3,7-14,16-17H2,(H,25,27,28). The largest absolute Gasteiger partial charge is 0.493 e. The van der Waals surface area contributed by atoms with Crippen LogP contribution in [0.5, 0.6) is 5.75 Å². The zero-order chi connectivity index (χ0) is 20.8. The van der Waals surface area contributed by atoms with Gasteiger partial charge in [0.25, 0.3) is 0 Å². The fourth-order valence-electron chi connectivity index (χ4n) is 3.81. The fourth-order valence-corrected chi connectivity index (χ4v) is 3.81. The zero-order valence-electron chi connectivity index (χ0n) is 17.7. The first-order valence-electron chi connectivity index (χ1n) is 11.3. The number of urea groups is 1. The molecule has 1 saturated heterocycles. The molecule has 7 nitrogen and oxygen atoms in total. The summed E-state index contributed by atoms with van der Waals surface area (Å²) in [7, 11) is 0. The number of amides is 3. The predicted octanol–water partition coefficient (Wildman–Crippen LogP) is 3.14. The highest BCUT2D eigenvalue weighted by Crippen LogP contribution is 2.46. The second-order valence-corrected chi connectivity index (χ2v) is 8.76. The molecule has 3 aliphatic rings. The molecule has 0 unspecified atom stereocenters. The van der Waals surface area contributed by atoms with E-state index in [4.69, 9.17) is 9.47 Å². The van der Waals surface area contributed by atoms with Gasteiger partial charge in [0.1, 0.15) is 12.5 Å². The lowest BCUT2D eigenvalue weighted by Crippen LogP contribution is -2.50. The fraction of sp³-hybridized carbons (Fsp3) is 0.652. The number of hydrogen-bond donors (Lipinski definition) is 2. The van der Waals surface area contributed by atoms with Gasteiger partial charge in [-0.05, 0) is 75.1 Å². The Bertz CT molecular complexity index is 746. The van der Waals surface area contributed by atoms with Crippen molar-refractivity contribution in [2.45, 2.75) is 56.9 Å². The van der Waals surface area contributed by atoms with Crippen LogP contribution in [0.1, 0.15) is 56.9 Å². The van der Waals surface area contributed by atoms with Crippen LogP contribution in [0.15, 0.2) is 24.3 Å². The predicted molar refractivity (Wildman–Crippen MR) is 113 cm³/mol. The molecule has 0 bridgehead atoms. The molecule has 1 aromatic carbocycles. The first-order chi connectivity index (χ1) is 14.6. The number of carbonyl (C=O) groups excluding carboxylic acids is 2. The molecule has 4 rings (SSSR count). The highest BCUT2D eigenvalue weighted by molar-refractivity contribution is 5.96. The number of imide groups is 1. The van der Waals surface area contributed by atoms with Gasteiger partial charge in [-0.2, -0.15) is 0 Å². The Hall–Kier alpha value is -2.12. The van der Waals surface area contributed by atoms with E-state index in [9.17, 15) is 9.59 Å². The molecule has 2 N–H and O–H groups in total. The van der Waals surface area contributed by atoms with Crippen LogP contribution in [0.3, 0.4) is 0 Å². The number of ether oxygens (including phenoxy) is 2. The third-order valence-corrected chi connectivity index (χ3v) is 6.14. The minimum atomic E-state index is -0.354. The van der Waals surface area contributed by atoms with Crippen LogP contribution in [-0.2, 0) is 15.1 Å². The van der Waals surface area contributed by atoms with Crippen LogP contribution in [0.4, 0.5) is 4.79 Å². The van der Waals surface area contributed by atoms with Crippen LogP contribution in [-0.4, -0.2) is 49.9 Å². The maximum atomic E-state index is 11.6. The van der Waals surface area contributed by atoms with Gasteiger partial charge in [0, 0.05) is 25.1 Å². The van der Waals surface area contributed by atoms with E-state index >= 15 is 0 Å². The molecule has 0 spiro atoms. The van der Waals surface area contributed by atoms with E-state index in [-0.39, 0.29) is 24.2 Å². The van der Waals surface area contributed by atoms with E-state index in [0.29, 0.717) is 19.6 Å². The highest BCUT2D eigenvalue weighted by Gasteiger charge is 2.43. The SMILES string of the molecule is O=C1CCN(COCCCCCNC2(c3cccc(OCC4CC4)c3)CC2)C(=O)N1. The van der Waals surface area contributed by atoms with Gasteiger partial charge >= 0.3 is 6.03 Å². The van der Waals surface area contributed by atoms with Crippen molar-refractivity contribution in [1.29, 1.82) is 0 Å². The number of rotatable bonds is 13. The smallest absolute Gasteiger partial charge is 0.325 e. The Labute approximate surface area is 178 Å². The van der Waals surface area contributed by atoms with Crippen LogP contribution in [0.2, 0.25) is 0 Å². The average molecular weight is 416 g/mol. The molecule has 2 saturated carbocycles. The quantitative estimate of drug-likeness (QED) is 0.484. The monoisotopic (exact) mass is 415 g/mol. The Morgan fingerprint density at radius 1 is 1.17 bits per heavy atom. The van der Waals surface area contributed by atoms with Crippen LogP contribution in [0, 0.1) is 5.92 Å². The van der Waals surface area contributed by atoms with E-state index in [1.54, 1.807) is 0 Å². The summed E-state index contributed by atoms with van der Waals surface area (Å²) in [6.45, 7) is 3.16. The van der Waals surface area contributed by atoms with Crippen molar-refractivity contribution in [1.82, 2.24) is 15.5 Å².